The van der Waals surface area contributed by atoms with Crippen LogP contribution in [0, 0.1) is 10.1 Å². The molecule has 9 nitrogen and oxygen atoms in total. The molecule has 1 heterocycles. The molecule has 0 aliphatic carbocycles. The number of Topliss-reactive ketones (excluding diaryl/α,β-unsaturated/α-hetero) is 1. The summed E-state index contributed by atoms with van der Waals surface area (Å²) >= 11 is 0. The van der Waals surface area contributed by atoms with Crippen LogP contribution in [0.25, 0.3) is 0 Å². The molecule has 1 atom stereocenters. The van der Waals surface area contributed by atoms with Gasteiger partial charge in [-0.05, 0) is 23.8 Å². The number of methoxy groups -OCH3 is 1. The normalized spacial score (nSPS) is 11.4. The number of rotatable bonds is 8. The van der Waals surface area contributed by atoms with Gasteiger partial charge >= 0.3 is 0 Å². The van der Waals surface area contributed by atoms with Gasteiger partial charge < -0.3 is 10.1 Å². The van der Waals surface area contributed by atoms with Crippen LogP contribution < -0.4 is 15.6 Å². The Labute approximate surface area is 177 Å². The van der Waals surface area contributed by atoms with Crippen molar-refractivity contribution in [3.05, 3.63) is 105 Å². The van der Waals surface area contributed by atoms with E-state index in [1.165, 1.54) is 42.6 Å². The number of nitro benzene ring substituents is 1. The monoisotopic (exact) mass is 421 g/mol. The van der Waals surface area contributed by atoms with E-state index in [1.54, 1.807) is 31.4 Å². The molecule has 9 heteroatoms. The second kappa shape index (κ2) is 9.49. The third kappa shape index (κ3) is 5.02. The van der Waals surface area contributed by atoms with Crippen LogP contribution in [0.4, 0.5) is 5.69 Å². The third-order valence-corrected chi connectivity index (χ3v) is 4.59. The van der Waals surface area contributed by atoms with Gasteiger partial charge in [0.05, 0.1) is 12.0 Å². The highest BCUT2D eigenvalue weighted by Gasteiger charge is 2.30. The fourth-order valence-electron chi connectivity index (χ4n) is 2.98. The summed E-state index contributed by atoms with van der Waals surface area (Å²) in [5, 5.41) is 13.7. The minimum absolute atomic E-state index is 0.0467. The molecule has 1 aromatic heterocycles. The maximum absolute atomic E-state index is 13.1. The second-order valence-electron chi connectivity index (χ2n) is 6.59. The lowest BCUT2D eigenvalue weighted by Gasteiger charge is -2.18. The number of benzene rings is 2. The average molecular weight is 421 g/mol. The van der Waals surface area contributed by atoms with Gasteiger partial charge in [0.15, 0.2) is 11.8 Å². The standard InChI is InChI=1S/C22H19N3O6/c1-31-18-10-8-15(9-11-18)14-23-22(28)20(24-12-3-2-7-19(24)26)21(27)16-5-4-6-17(13-16)25(29)30/h2-13,20H,14H2,1H3,(H,23,28). The number of hydrogen-bond donors (Lipinski definition) is 1. The minimum Gasteiger partial charge on any atom is -0.497 e. The van der Waals surface area contributed by atoms with Crippen LogP contribution in [0.15, 0.2) is 77.7 Å². The van der Waals surface area contributed by atoms with Gasteiger partial charge in [0.25, 0.3) is 17.2 Å². The molecule has 1 amide bonds. The number of hydrogen-bond acceptors (Lipinski definition) is 6. The van der Waals surface area contributed by atoms with E-state index in [0.29, 0.717) is 5.75 Å². The molecular formula is C22H19N3O6. The van der Waals surface area contributed by atoms with E-state index in [9.17, 15) is 24.5 Å². The number of nitrogens with zero attached hydrogens (tertiary/aromatic N) is 2. The number of nitrogens with one attached hydrogen (secondary N) is 1. The van der Waals surface area contributed by atoms with Gasteiger partial charge in [0, 0.05) is 36.5 Å². The summed E-state index contributed by atoms with van der Waals surface area (Å²) in [6, 6.07) is 14.7. The second-order valence-corrected chi connectivity index (χ2v) is 6.59. The SMILES string of the molecule is COc1ccc(CNC(=O)C(C(=O)c2cccc([N+](=O)[O-])c2)n2ccccc2=O)cc1. The van der Waals surface area contributed by atoms with E-state index in [-0.39, 0.29) is 17.8 Å². The predicted octanol–water partition coefficient (Wildman–Crippen LogP) is 2.51. The molecule has 2 aromatic carbocycles. The molecule has 31 heavy (non-hydrogen) atoms. The van der Waals surface area contributed by atoms with Crippen LogP contribution in [0.2, 0.25) is 0 Å². The molecule has 1 N–H and O–H groups in total. The topological polar surface area (TPSA) is 121 Å². The largest absolute Gasteiger partial charge is 0.497 e. The molecule has 0 aliphatic rings. The quantitative estimate of drug-likeness (QED) is 0.258. The van der Waals surface area contributed by atoms with Gasteiger partial charge in [0.1, 0.15) is 5.75 Å². The van der Waals surface area contributed by atoms with Gasteiger partial charge in [-0.2, -0.15) is 0 Å². The van der Waals surface area contributed by atoms with E-state index in [0.717, 1.165) is 16.2 Å². The molecule has 0 spiro atoms. The number of ketones is 1. The van der Waals surface area contributed by atoms with Crippen molar-refractivity contribution in [1.29, 1.82) is 0 Å². The lowest BCUT2D eigenvalue weighted by atomic mass is 10.0. The Bertz CT molecular complexity index is 1170. The Morgan fingerprint density at radius 1 is 1.10 bits per heavy atom. The van der Waals surface area contributed by atoms with Crippen LogP contribution in [0.5, 0.6) is 5.75 Å². The summed E-state index contributed by atoms with van der Waals surface area (Å²) in [6.07, 6.45) is 1.33. The van der Waals surface area contributed by atoms with Crippen molar-refractivity contribution in [1.82, 2.24) is 9.88 Å². The molecule has 0 radical (unpaired) electrons. The molecule has 1 unspecified atom stereocenters. The number of nitro groups is 1. The molecule has 0 saturated heterocycles. The van der Waals surface area contributed by atoms with Crippen molar-refractivity contribution >= 4 is 17.4 Å². The zero-order valence-electron chi connectivity index (χ0n) is 16.6. The van der Waals surface area contributed by atoms with Crippen molar-refractivity contribution in [3.8, 4) is 5.75 Å². The van der Waals surface area contributed by atoms with Crippen molar-refractivity contribution in [2.45, 2.75) is 12.6 Å². The summed E-state index contributed by atoms with van der Waals surface area (Å²) < 4.78 is 6.10. The maximum Gasteiger partial charge on any atom is 0.270 e. The van der Waals surface area contributed by atoms with Gasteiger partial charge in [-0.1, -0.05) is 30.3 Å². The maximum atomic E-state index is 13.1. The zero-order chi connectivity index (χ0) is 22.4. The first-order valence-electron chi connectivity index (χ1n) is 9.27. The van der Waals surface area contributed by atoms with Gasteiger partial charge in [-0.25, -0.2) is 0 Å². The minimum atomic E-state index is -1.52. The fourth-order valence-corrected chi connectivity index (χ4v) is 2.98. The highest BCUT2D eigenvalue weighted by molar-refractivity contribution is 6.12. The summed E-state index contributed by atoms with van der Waals surface area (Å²) in [4.78, 5) is 48.9. The lowest BCUT2D eigenvalue weighted by Crippen LogP contribution is -2.41. The number of non-ortho nitro benzene ring substituents is 1. The number of carbonyl (C=O) groups excluding carboxylic acids is 2. The smallest absolute Gasteiger partial charge is 0.270 e. The number of aromatic nitrogens is 1. The molecule has 3 aromatic rings. The Balaban J connectivity index is 1.91. The Hall–Kier alpha value is -4.27. The number of carbonyl (C=O) groups is 2. The predicted molar refractivity (Wildman–Crippen MR) is 112 cm³/mol. The third-order valence-electron chi connectivity index (χ3n) is 4.59. The van der Waals surface area contributed by atoms with E-state index in [1.807, 2.05) is 0 Å². The van der Waals surface area contributed by atoms with Gasteiger partial charge in [0.2, 0.25) is 0 Å². The van der Waals surface area contributed by atoms with Crippen LogP contribution >= 0.6 is 0 Å². The van der Waals surface area contributed by atoms with Crippen LogP contribution in [-0.4, -0.2) is 28.3 Å². The lowest BCUT2D eigenvalue weighted by molar-refractivity contribution is -0.384. The summed E-state index contributed by atoms with van der Waals surface area (Å²) in [5.74, 6) is -0.783. The first kappa shape index (κ1) is 21.4. The van der Waals surface area contributed by atoms with Crippen molar-refractivity contribution in [3.63, 3.8) is 0 Å². The van der Waals surface area contributed by atoms with Crippen LogP contribution in [0.3, 0.4) is 0 Å². The average Bonchev–Trinajstić information content (AvgIpc) is 2.79. The Morgan fingerprint density at radius 3 is 2.48 bits per heavy atom. The highest BCUT2D eigenvalue weighted by Crippen LogP contribution is 2.19. The molecule has 0 saturated carbocycles. The van der Waals surface area contributed by atoms with E-state index >= 15 is 0 Å². The Kier molecular flexibility index (Phi) is 6.56. The van der Waals surface area contributed by atoms with Gasteiger partial charge in [-0.3, -0.25) is 29.1 Å². The first-order valence-corrected chi connectivity index (χ1v) is 9.27. The van der Waals surface area contributed by atoms with Crippen molar-refractivity contribution in [2.24, 2.45) is 0 Å². The summed E-state index contributed by atoms with van der Waals surface area (Å²) in [7, 11) is 1.54. The van der Waals surface area contributed by atoms with Gasteiger partial charge in [-0.15, -0.1) is 0 Å². The van der Waals surface area contributed by atoms with E-state index in [4.69, 9.17) is 4.74 Å². The molecular weight excluding hydrogens is 402 g/mol. The molecule has 0 fully saturated rings. The number of pyridine rings is 1. The van der Waals surface area contributed by atoms with Crippen LogP contribution in [-0.2, 0) is 11.3 Å². The fraction of sp³-hybridized carbons (Fsp3) is 0.136. The Morgan fingerprint density at radius 2 is 1.84 bits per heavy atom. The highest BCUT2D eigenvalue weighted by atomic mass is 16.6. The zero-order valence-corrected chi connectivity index (χ0v) is 16.6. The molecule has 158 valence electrons. The first-order chi connectivity index (χ1) is 14.9. The number of ether oxygens (including phenoxy) is 1. The van der Waals surface area contributed by atoms with E-state index < -0.39 is 28.2 Å². The molecule has 0 aliphatic heterocycles. The van der Waals surface area contributed by atoms with E-state index in [2.05, 4.69) is 5.32 Å². The van der Waals surface area contributed by atoms with Crippen LogP contribution in [0.1, 0.15) is 22.0 Å². The molecule has 3 rings (SSSR count). The summed E-state index contributed by atoms with van der Waals surface area (Å²) in [6.45, 7) is 0.114. The summed E-state index contributed by atoms with van der Waals surface area (Å²) in [5.41, 5.74) is -0.125. The number of amides is 1. The molecule has 0 bridgehead atoms. The van der Waals surface area contributed by atoms with Crippen molar-refractivity contribution in [2.75, 3.05) is 7.11 Å². The van der Waals surface area contributed by atoms with Crippen molar-refractivity contribution < 1.29 is 19.2 Å².